The third kappa shape index (κ3) is 3.52. The van der Waals surface area contributed by atoms with Crippen molar-refractivity contribution in [2.45, 2.75) is 24.3 Å². The zero-order valence-corrected chi connectivity index (χ0v) is 11.1. The van der Waals surface area contributed by atoms with Gasteiger partial charge in [-0.05, 0) is 31.7 Å². The lowest BCUT2D eigenvalue weighted by atomic mass is 10.2. The van der Waals surface area contributed by atoms with Crippen LogP contribution in [0.5, 0.6) is 0 Å². The summed E-state index contributed by atoms with van der Waals surface area (Å²) in [6.45, 7) is 1.80. The highest BCUT2D eigenvalue weighted by Gasteiger charge is 2.14. The van der Waals surface area contributed by atoms with E-state index in [-0.39, 0.29) is 10.8 Å². The number of nitrogens with two attached hydrogens (primary N) is 1. The number of hydrogen-bond donors (Lipinski definition) is 3. The van der Waals surface area contributed by atoms with Gasteiger partial charge in [-0.2, -0.15) is 0 Å². The maximum absolute atomic E-state index is 11.6. The van der Waals surface area contributed by atoms with Crippen molar-refractivity contribution in [1.29, 1.82) is 0 Å². The molecule has 1 aromatic rings. The van der Waals surface area contributed by atoms with E-state index in [1.807, 2.05) is 0 Å². The number of sulfonamides is 1. The molecule has 0 unspecified atom stereocenters. The first-order valence-electron chi connectivity index (χ1n) is 5.50. The predicted molar refractivity (Wildman–Crippen MR) is 69.6 cm³/mol. The molecular weight excluding hydrogens is 254 g/mol. The average Bonchev–Trinajstić information content (AvgIpc) is 2.38. The lowest BCUT2D eigenvalue weighted by Gasteiger charge is -2.11. The molecule has 0 fully saturated rings. The summed E-state index contributed by atoms with van der Waals surface area (Å²) in [7, 11) is -2.19. The number of hydrogen-bond acceptors (Lipinski definition) is 4. The van der Waals surface area contributed by atoms with Crippen LogP contribution in [-0.4, -0.2) is 27.4 Å². The second-order valence-corrected chi connectivity index (χ2v) is 5.63. The van der Waals surface area contributed by atoms with Crippen molar-refractivity contribution in [1.82, 2.24) is 4.72 Å². The Bertz CT molecular complexity index is 528. The Balaban J connectivity index is 2.94. The highest BCUT2D eigenvalue weighted by molar-refractivity contribution is 7.89. The lowest BCUT2D eigenvalue weighted by molar-refractivity contribution is -0.117. The zero-order valence-electron chi connectivity index (χ0n) is 10.3. The van der Waals surface area contributed by atoms with Gasteiger partial charge in [-0.1, -0.05) is 13.0 Å². The molecule has 1 rings (SSSR count). The van der Waals surface area contributed by atoms with Crippen LogP contribution in [-0.2, 0) is 14.8 Å². The van der Waals surface area contributed by atoms with E-state index in [9.17, 15) is 13.2 Å². The molecule has 4 N–H and O–H groups in total. The molecule has 100 valence electrons. The van der Waals surface area contributed by atoms with Crippen molar-refractivity contribution in [3.05, 3.63) is 24.3 Å². The van der Waals surface area contributed by atoms with Crippen LogP contribution >= 0.6 is 0 Å². The van der Waals surface area contributed by atoms with E-state index in [1.165, 1.54) is 19.2 Å². The zero-order chi connectivity index (χ0) is 13.8. The fraction of sp³-hybridized carbons (Fsp3) is 0.364. The molecular formula is C11H17N3O3S. The maximum Gasteiger partial charge on any atom is 0.241 e. The summed E-state index contributed by atoms with van der Waals surface area (Å²) in [5, 5.41) is 2.57. The SMILES string of the molecule is CC[C@@H](N)C(=O)Nc1cccc(S(=O)(=O)NC)c1. The van der Waals surface area contributed by atoms with E-state index in [1.54, 1.807) is 19.1 Å². The van der Waals surface area contributed by atoms with Crippen LogP contribution in [0.1, 0.15) is 13.3 Å². The molecule has 6 nitrogen and oxygen atoms in total. The standard InChI is InChI=1S/C11H17N3O3S/c1-3-10(12)11(15)14-8-5-4-6-9(7-8)18(16,17)13-2/h4-7,10,13H,3,12H2,1-2H3,(H,14,15)/t10-/m1/s1. The number of benzene rings is 1. The van der Waals surface area contributed by atoms with Gasteiger partial charge in [-0.25, -0.2) is 13.1 Å². The molecule has 1 amide bonds. The van der Waals surface area contributed by atoms with Gasteiger partial charge in [0.25, 0.3) is 0 Å². The van der Waals surface area contributed by atoms with Gasteiger partial charge in [0.1, 0.15) is 0 Å². The number of nitrogens with one attached hydrogen (secondary N) is 2. The second-order valence-electron chi connectivity index (χ2n) is 3.74. The summed E-state index contributed by atoms with van der Waals surface area (Å²) in [6, 6.07) is 5.38. The molecule has 0 aliphatic rings. The van der Waals surface area contributed by atoms with Crippen LogP contribution < -0.4 is 15.8 Å². The molecule has 0 aromatic heterocycles. The third-order valence-electron chi connectivity index (χ3n) is 2.46. The molecule has 0 aliphatic carbocycles. The van der Waals surface area contributed by atoms with Gasteiger partial charge in [0, 0.05) is 5.69 Å². The smallest absolute Gasteiger partial charge is 0.241 e. The van der Waals surface area contributed by atoms with E-state index in [0.29, 0.717) is 12.1 Å². The molecule has 18 heavy (non-hydrogen) atoms. The van der Waals surface area contributed by atoms with E-state index in [4.69, 9.17) is 5.73 Å². The first-order chi connectivity index (χ1) is 8.40. The van der Waals surface area contributed by atoms with Crippen molar-refractivity contribution in [3.63, 3.8) is 0 Å². The molecule has 0 aliphatic heterocycles. The van der Waals surface area contributed by atoms with Crippen LogP contribution in [0.3, 0.4) is 0 Å². The van der Waals surface area contributed by atoms with Crippen LogP contribution in [0.15, 0.2) is 29.2 Å². The Hall–Kier alpha value is -1.44. The third-order valence-corrected chi connectivity index (χ3v) is 3.87. The fourth-order valence-electron chi connectivity index (χ4n) is 1.28. The summed E-state index contributed by atoms with van der Waals surface area (Å²) >= 11 is 0. The number of rotatable bonds is 5. The largest absolute Gasteiger partial charge is 0.325 e. The number of amides is 1. The number of anilines is 1. The van der Waals surface area contributed by atoms with Gasteiger partial charge in [0.05, 0.1) is 10.9 Å². The van der Waals surface area contributed by atoms with Crippen LogP contribution in [0.25, 0.3) is 0 Å². The van der Waals surface area contributed by atoms with Gasteiger partial charge in [0.2, 0.25) is 15.9 Å². The second kappa shape index (κ2) is 5.94. The lowest BCUT2D eigenvalue weighted by Crippen LogP contribution is -2.34. The average molecular weight is 271 g/mol. The first-order valence-corrected chi connectivity index (χ1v) is 6.99. The molecule has 0 heterocycles. The quantitative estimate of drug-likeness (QED) is 0.715. The minimum atomic E-state index is -3.51. The Morgan fingerprint density at radius 3 is 2.67 bits per heavy atom. The van der Waals surface area contributed by atoms with Gasteiger partial charge >= 0.3 is 0 Å². The summed E-state index contributed by atoms with van der Waals surface area (Å²) in [5.41, 5.74) is 5.97. The minimum Gasteiger partial charge on any atom is -0.325 e. The van der Waals surface area contributed by atoms with Crippen LogP contribution in [0.2, 0.25) is 0 Å². The fourth-order valence-corrected chi connectivity index (χ4v) is 2.05. The van der Waals surface area contributed by atoms with Crippen molar-refractivity contribution in [2.24, 2.45) is 5.73 Å². The van der Waals surface area contributed by atoms with E-state index in [2.05, 4.69) is 10.0 Å². The van der Waals surface area contributed by atoms with E-state index >= 15 is 0 Å². The van der Waals surface area contributed by atoms with Gasteiger partial charge in [-0.3, -0.25) is 4.79 Å². The normalized spacial score (nSPS) is 13.1. The Labute approximate surface area is 107 Å². The Kier molecular flexibility index (Phi) is 4.83. The van der Waals surface area contributed by atoms with Gasteiger partial charge in [-0.15, -0.1) is 0 Å². The van der Waals surface area contributed by atoms with Crippen LogP contribution in [0, 0.1) is 0 Å². The van der Waals surface area contributed by atoms with Gasteiger partial charge < -0.3 is 11.1 Å². The molecule has 1 aromatic carbocycles. The van der Waals surface area contributed by atoms with Crippen molar-refractivity contribution < 1.29 is 13.2 Å². The van der Waals surface area contributed by atoms with E-state index in [0.717, 1.165) is 0 Å². The molecule has 0 bridgehead atoms. The summed E-state index contributed by atoms with van der Waals surface area (Å²) < 4.78 is 25.4. The van der Waals surface area contributed by atoms with Crippen molar-refractivity contribution >= 4 is 21.6 Å². The summed E-state index contributed by atoms with van der Waals surface area (Å²) in [6.07, 6.45) is 0.514. The van der Waals surface area contributed by atoms with Crippen molar-refractivity contribution in [3.8, 4) is 0 Å². The number of carbonyl (C=O) groups is 1. The maximum atomic E-state index is 11.6. The topological polar surface area (TPSA) is 101 Å². The molecule has 7 heteroatoms. The van der Waals surface area contributed by atoms with Gasteiger partial charge in [0.15, 0.2) is 0 Å². The van der Waals surface area contributed by atoms with E-state index < -0.39 is 16.1 Å². The molecule has 0 saturated heterocycles. The molecule has 1 atom stereocenters. The Morgan fingerprint density at radius 1 is 1.44 bits per heavy atom. The van der Waals surface area contributed by atoms with Crippen molar-refractivity contribution in [2.75, 3.05) is 12.4 Å². The predicted octanol–water partition coefficient (Wildman–Crippen LogP) is 0.270. The summed E-state index contributed by atoms with van der Waals surface area (Å²) in [4.78, 5) is 11.7. The monoisotopic (exact) mass is 271 g/mol. The molecule has 0 spiro atoms. The molecule has 0 saturated carbocycles. The Morgan fingerprint density at radius 2 is 2.11 bits per heavy atom. The highest BCUT2D eigenvalue weighted by Crippen LogP contribution is 2.15. The van der Waals surface area contributed by atoms with Crippen LogP contribution in [0.4, 0.5) is 5.69 Å². The highest BCUT2D eigenvalue weighted by atomic mass is 32.2. The minimum absolute atomic E-state index is 0.0906. The summed E-state index contributed by atoms with van der Waals surface area (Å²) in [5.74, 6) is -0.337. The number of carbonyl (C=O) groups excluding carboxylic acids is 1. The molecule has 0 radical (unpaired) electrons. The first kappa shape index (κ1) is 14.6.